The van der Waals surface area contributed by atoms with Crippen molar-refractivity contribution >= 4 is 28.8 Å². The van der Waals surface area contributed by atoms with Gasteiger partial charge in [0.25, 0.3) is 0 Å². The van der Waals surface area contributed by atoms with Crippen molar-refractivity contribution in [3.8, 4) is 28.5 Å². The van der Waals surface area contributed by atoms with E-state index in [-0.39, 0.29) is 22.0 Å². The molecule has 0 bridgehead atoms. The van der Waals surface area contributed by atoms with Gasteiger partial charge < -0.3 is 19.5 Å². The van der Waals surface area contributed by atoms with Crippen LogP contribution in [0.2, 0.25) is 5.02 Å². The molecule has 5 rings (SSSR count). The molecule has 0 saturated heterocycles. The van der Waals surface area contributed by atoms with Gasteiger partial charge in [-0.15, -0.1) is 0 Å². The monoisotopic (exact) mass is 457 g/mol. The highest BCUT2D eigenvalue weighted by atomic mass is 35.5. The molecule has 0 saturated carbocycles. The number of benzene rings is 2. The van der Waals surface area contributed by atoms with E-state index in [1.807, 2.05) is 31.3 Å². The molecule has 2 aromatic carbocycles. The number of aromatic nitrogens is 2. The summed E-state index contributed by atoms with van der Waals surface area (Å²) in [6.07, 6.45) is 1.87. The molecule has 3 heterocycles. The summed E-state index contributed by atoms with van der Waals surface area (Å²) in [6, 6.07) is 11.6. The van der Waals surface area contributed by atoms with Crippen LogP contribution in [0.5, 0.6) is 17.2 Å². The lowest BCUT2D eigenvalue weighted by Gasteiger charge is -2.19. The normalized spacial score (nSPS) is 12.8. The van der Waals surface area contributed by atoms with Crippen molar-refractivity contribution in [1.29, 1.82) is 0 Å². The first-order valence-corrected chi connectivity index (χ1v) is 10.3. The molecule has 0 atom stereocenters. The summed E-state index contributed by atoms with van der Waals surface area (Å²) in [6.45, 7) is 1.80. The number of hydrogen-bond donors (Lipinski definition) is 1. The number of ether oxygens (including phenoxy) is 3. The van der Waals surface area contributed by atoms with E-state index < -0.39 is 12.7 Å². The Labute approximate surface area is 187 Å². The number of pyridine rings is 1. The quantitative estimate of drug-likeness (QED) is 0.403. The summed E-state index contributed by atoms with van der Waals surface area (Å²) in [4.78, 5) is 4.60. The van der Waals surface area contributed by atoms with Gasteiger partial charge in [0.15, 0.2) is 11.5 Å². The highest BCUT2D eigenvalue weighted by molar-refractivity contribution is 6.35. The van der Waals surface area contributed by atoms with E-state index in [0.717, 1.165) is 5.56 Å². The van der Waals surface area contributed by atoms with Crippen LogP contribution in [0, 0.1) is 12.7 Å². The SMILES string of the molecule is Cc1ccc2nc(-c3c(F)ccc(OCF)c3Cl)c(Nc3ccc4c(c3)OCCO4)n2c1. The molecule has 164 valence electrons. The maximum Gasteiger partial charge on any atom is 0.228 e. The number of imidazole rings is 1. The average Bonchev–Trinajstić information content (AvgIpc) is 3.13. The summed E-state index contributed by atoms with van der Waals surface area (Å²) in [5.74, 6) is 1.17. The molecular weight excluding hydrogens is 440 g/mol. The van der Waals surface area contributed by atoms with Crippen molar-refractivity contribution in [3.05, 3.63) is 65.1 Å². The third-order valence-electron chi connectivity index (χ3n) is 5.07. The minimum absolute atomic E-state index is 0.0130. The van der Waals surface area contributed by atoms with Gasteiger partial charge >= 0.3 is 0 Å². The van der Waals surface area contributed by atoms with Crippen LogP contribution >= 0.6 is 11.6 Å². The average molecular weight is 458 g/mol. The number of rotatable bonds is 5. The Hall–Kier alpha value is -3.52. The highest BCUT2D eigenvalue weighted by Crippen LogP contribution is 2.42. The van der Waals surface area contributed by atoms with Gasteiger partial charge in [0, 0.05) is 18.0 Å². The molecule has 0 fully saturated rings. The molecule has 4 aromatic rings. The predicted molar refractivity (Wildman–Crippen MR) is 118 cm³/mol. The number of anilines is 2. The van der Waals surface area contributed by atoms with E-state index in [1.54, 1.807) is 16.5 Å². The van der Waals surface area contributed by atoms with Crippen molar-refractivity contribution in [1.82, 2.24) is 9.38 Å². The fourth-order valence-electron chi connectivity index (χ4n) is 3.62. The molecule has 1 N–H and O–H groups in total. The van der Waals surface area contributed by atoms with Crippen LogP contribution < -0.4 is 19.5 Å². The summed E-state index contributed by atoms with van der Waals surface area (Å²) in [5, 5.41) is 3.24. The topological polar surface area (TPSA) is 57.0 Å². The minimum Gasteiger partial charge on any atom is -0.486 e. The predicted octanol–water partition coefficient (Wildman–Crippen LogP) is 5.92. The second-order valence-corrected chi connectivity index (χ2v) is 7.59. The third-order valence-corrected chi connectivity index (χ3v) is 5.45. The molecule has 6 nitrogen and oxygen atoms in total. The van der Waals surface area contributed by atoms with Gasteiger partial charge in [-0.25, -0.2) is 13.8 Å². The Morgan fingerprint density at radius 2 is 1.94 bits per heavy atom. The zero-order valence-electron chi connectivity index (χ0n) is 17.0. The molecule has 9 heteroatoms. The van der Waals surface area contributed by atoms with Crippen LogP contribution in [-0.2, 0) is 0 Å². The Balaban J connectivity index is 1.68. The Morgan fingerprint density at radius 1 is 1.12 bits per heavy atom. The first kappa shape index (κ1) is 20.4. The van der Waals surface area contributed by atoms with E-state index in [0.29, 0.717) is 41.9 Å². The molecular formula is C23H18ClF2N3O3. The van der Waals surface area contributed by atoms with Crippen molar-refractivity contribution in [2.45, 2.75) is 6.92 Å². The number of alkyl halides is 1. The van der Waals surface area contributed by atoms with Gasteiger partial charge in [0.05, 0.1) is 10.6 Å². The molecule has 2 aromatic heterocycles. The summed E-state index contributed by atoms with van der Waals surface area (Å²) in [7, 11) is 0. The smallest absolute Gasteiger partial charge is 0.228 e. The molecule has 0 amide bonds. The third kappa shape index (κ3) is 3.56. The van der Waals surface area contributed by atoms with Crippen molar-refractivity contribution in [2.75, 3.05) is 25.4 Å². The zero-order chi connectivity index (χ0) is 22.2. The van der Waals surface area contributed by atoms with Gasteiger partial charge in [-0.3, -0.25) is 4.40 Å². The van der Waals surface area contributed by atoms with E-state index in [4.69, 9.17) is 25.8 Å². The van der Waals surface area contributed by atoms with Crippen LogP contribution in [-0.4, -0.2) is 29.5 Å². The van der Waals surface area contributed by atoms with Crippen molar-refractivity contribution in [3.63, 3.8) is 0 Å². The molecule has 32 heavy (non-hydrogen) atoms. The van der Waals surface area contributed by atoms with E-state index in [2.05, 4.69) is 10.3 Å². The maximum atomic E-state index is 15.0. The second-order valence-electron chi connectivity index (χ2n) is 7.22. The Bertz CT molecular complexity index is 1330. The lowest BCUT2D eigenvalue weighted by atomic mass is 10.1. The summed E-state index contributed by atoms with van der Waals surface area (Å²) in [5.41, 5.74) is 2.52. The number of nitrogens with zero attached hydrogens (tertiary/aromatic N) is 2. The van der Waals surface area contributed by atoms with Crippen LogP contribution in [0.25, 0.3) is 16.9 Å². The lowest BCUT2D eigenvalue weighted by Crippen LogP contribution is -2.15. The zero-order valence-corrected chi connectivity index (χ0v) is 17.7. The maximum absolute atomic E-state index is 15.0. The first-order chi connectivity index (χ1) is 15.5. The number of aryl methyl sites for hydroxylation is 1. The molecule has 0 spiro atoms. The van der Waals surface area contributed by atoms with Gasteiger partial charge in [-0.1, -0.05) is 17.7 Å². The fraction of sp³-hybridized carbons (Fsp3) is 0.174. The second kappa shape index (κ2) is 8.20. The molecule has 1 aliphatic heterocycles. The van der Waals surface area contributed by atoms with Gasteiger partial charge in [-0.05, 0) is 42.8 Å². The largest absolute Gasteiger partial charge is 0.486 e. The van der Waals surface area contributed by atoms with Crippen LogP contribution in [0.1, 0.15) is 5.56 Å². The summed E-state index contributed by atoms with van der Waals surface area (Å²) >= 11 is 6.41. The van der Waals surface area contributed by atoms with Gasteiger partial charge in [-0.2, -0.15) is 0 Å². The van der Waals surface area contributed by atoms with E-state index in [1.165, 1.54) is 12.1 Å². The van der Waals surface area contributed by atoms with E-state index >= 15 is 0 Å². The Morgan fingerprint density at radius 3 is 2.75 bits per heavy atom. The van der Waals surface area contributed by atoms with Gasteiger partial charge in [0.2, 0.25) is 6.86 Å². The van der Waals surface area contributed by atoms with Crippen molar-refractivity contribution < 1.29 is 23.0 Å². The summed E-state index contributed by atoms with van der Waals surface area (Å²) < 4.78 is 45.7. The van der Waals surface area contributed by atoms with Crippen molar-refractivity contribution in [2.24, 2.45) is 0 Å². The Kier molecular flexibility index (Phi) is 5.22. The van der Waals surface area contributed by atoms with Gasteiger partial charge in [0.1, 0.15) is 41.9 Å². The highest BCUT2D eigenvalue weighted by Gasteiger charge is 2.23. The van der Waals surface area contributed by atoms with E-state index in [9.17, 15) is 8.78 Å². The molecule has 1 aliphatic rings. The fourth-order valence-corrected chi connectivity index (χ4v) is 3.92. The number of nitrogens with one attached hydrogen (secondary N) is 1. The first-order valence-electron chi connectivity index (χ1n) is 9.87. The molecule has 0 unspecified atom stereocenters. The number of hydrogen-bond acceptors (Lipinski definition) is 5. The molecule has 0 aliphatic carbocycles. The van der Waals surface area contributed by atoms with Crippen LogP contribution in [0.3, 0.4) is 0 Å². The standard InChI is InChI=1S/C23H18ClF2N3O3/c1-13-2-7-19-28-22(20-15(26)4-6-17(21(20)24)32-12-25)23(29(19)11-13)27-14-3-5-16-18(10-14)31-9-8-30-16/h2-7,10-11,27H,8-9,12H2,1H3. The number of halogens is 3. The molecule has 0 radical (unpaired) electrons. The van der Waals surface area contributed by atoms with Crippen LogP contribution in [0.4, 0.5) is 20.3 Å². The number of fused-ring (bicyclic) bond motifs is 2. The minimum atomic E-state index is -1.09. The van der Waals surface area contributed by atoms with Crippen LogP contribution in [0.15, 0.2) is 48.7 Å². The lowest BCUT2D eigenvalue weighted by molar-refractivity contribution is 0.171.